The second-order valence-corrected chi connectivity index (χ2v) is 6.69. The maximum Gasteiger partial charge on any atom is 0.0909 e. The van der Waals surface area contributed by atoms with Crippen molar-refractivity contribution in [2.45, 2.75) is 6.10 Å². The molecule has 0 fully saturated rings. The van der Waals surface area contributed by atoms with E-state index in [0.29, 0.717) is 18.1 Å². The molecule has 2 aromatic rings. The number of aliphatic hydroxyl groups excluding tert-OH is 1. The van der Waals surface area contributed by atoms with Crippen molar-refractivity contribution in [2.24, 2.45) is 4.99 Å². The number of hydrogen-bond donors (Lipinski definition) is 1. The lowest BCUT2D eigenvalue weighted by Gasteiger charge is -2.28. The van der Waals surface area contributed by atoms with Crippen LogP contribution >= 0.6 is 27.5 Å². The van der Waals surface area contributed by atoms with Crippen molar-refractivity contribution >= 4 is 38.9 Å². The summed E-state index contributed by atoms with van der Waals surface area (Å²) in [5.74, 6) is 0. The molecule has 22 heavy (non-hydrogen) atoms. The topological polar surface area (TPSA) is 35.8 Å². The molecule has 0 saturated carbocycles. The zero-order valence-electron chi connectivity index (χ0n) is 12.1. The minimum absolute atomic E-state index is 0.358. The van der Waals surface area contributed by atoms with Gasteiger partial charge in [0.15, 0.2) is 0 Å². The Morgan fingerprint density at radius 2 is 2.00 bits per heavy atom. The number of benzene rings is 2. The van der Waals surface area contributed by atoms with Crippen LogP contribution in [0, 0.1) is 0 Å². The molecular weight excluding hydrogens is 364 g/mol. The second-order valence-electron chi connectivity index (χ2n) is 5.36. The van der Waals surface area contributed by atoms with Gasteiger partial charge in [-0.2, -0.15) is 0 Å². The summed E-state index contributed by atoms with van der Waals surface area (Å²) in [6.07, 6.45) is -0.501. The fourth-order valence-corrected chi connectivity index (χ4v) is 3.25. The van der Waals surface area contributed by atoms with E-state index in [1.54, 1.807) is 0 Å². The van der Waals surface area contributed by atoms with Gasteiger partial charge < -0.3 is 10.0 Å². The average molecular weight is 380 g/mol. The molecule has 2 aromatic carbocycles. The number of nitrogens with zero attached hydrogens (tertiary/aromatic N) is 2. The summed E-state index contributed by atoms with van der Waals surface area (Å²) in [5, 5.41) is 10.8. The molecule has 1 aliphatic heterocycles. The van der Waals surface area contributed by atoms with E-state index in [4.69, 9.17) is 11.6 Å². The molecule has 1 atom stereocenters. The summed E-state index contributed by atoms with van der Waals surface area (Å²) in [7, 11) is 1.98. The molecule has 114 valence electrons. The quantitative estimate of drug-likeness (QED) is 0.819. The van der Waals surface area contributed by atoms with E-state index < -0.39 is 6.10 Å². The van der Waals surface area contributed by atoms with Crippen LogP contribution in [-0.2, 0) is 0 Å². The molecule has 1 N–H and O–H groups in total. The fourth-order valence-electron chi connectivity index (χ4n) is 2.67. The van der Waals surface area contributed by atoms with Crippen LogP contribution in [0.2, 0.25) is 5.02 Å². The van der Waals surface area contributed by atoms with Crippen LogP contribution in [-0.4, -0.2) is 37.1 Å². The number of β-amino-alcohol motifs (C(OH)–C–C–N with tert-alkyl or cyclic N) is 1. The van der Waals surface area contributed by atoms with Gasteiger partial charge >= 0.3 is 0 Å². The molecule has 1 unspecified atom stereocenters. The smallest absolute Gasteiger partial charge is 0.0909 e. The third-order valence-corrected chi connectivity index (χ3v) is 4.52. The number of likely N-dealkylation sites (N-methyl/N-ethyl adjacent to an activating group) is 1. The highest BCUT2D eigenvalue weighted by atomic mass is 79.9. The Kier molecular flexibility index (Phi) is 4.52. The van der Waals surface area contributed by atoms with E-state index in [-0.39, 0.29) is 0 Å². The lowest BCUT2D eigenvalue weighted by Crippen LogP contribution is -2.34. The van der Waals surface area contributed by atoms with E-state index in [1.165, 1.54) is 0 Å². The van der Waals surface area contributed by atoms with Crippen molar-refractivity contribution in [3.8, 4) is 0 Å². The van der Waals surface area contributed by atoms with Crippen LogP contribution in [0.4, 0.5) is 5.69 Å². The molecule has 0 radical (unpaired) electrons. The van der Waals surface area contributed by atoms with Gasteiger partial charge in [-0.25, -0.2) is 0 Å². The van der Waals surface area contributed by atoms with Gasteiger partial charge in [-0.1, -0.05) is 45.7 Å². The van der Waals surface area contributed by atoms with Crippen molar-refractivity contribution in [2.75, 3.05) is 25.0 Å². The summed E-state index contributed by atoms with van der Waals surface area (Å²) in [4.78, 5) is 6.70. The molecule has 1 heterocycles. The predicted molar refractivity (Wildman–Crippen MR) is 95.4 cm³/mol. The first kappa shape index (κ1) is 15.5. The zero-order chi connectivity index (χ0) is 15.7. The predicted octanol–water partition coefficient (Wildman–Crippen LogP) is 3.75. The second kappa shape index (κ2) is 6.41. The summed E-state index contributed by atoms with van der Waals surface area (Å²) in [6.45, 7) is 0.908. The highest BCUT2D eigenvalue weighted by Crippen LogP contribution is 2.30. The van der Waals surface area contributed by atoms with Crippen molar-refractivity contribution in [3.63, 3.8) is 0 Å². The van der Waals surface area contributed by atoms with E-state index in [9.17, 15) is 5.11 Å². The lowest BCUT2D eigenvalue weighted by molar-refractivity contribution is 0.190. The van der Waals surface area contributed by atoms with E-state index in [0.717, 1.165) is 27.0 Å². The molecule has 5 heteroatoms. The minimum Gasteiger partial charge on any atom is -0.389 e. The third-order valence-electron chi connectivity index (χ3n) is 3.70. The van der Waals surface area contributed by atoms with E-state index >= 15 is 0 Å². The van der Waals surface area contributed by atoms with Gasteiger partial charge in [0.05, 0.1) is 18.4 Å². The molecule has 0 saturated heterocycles. The summed E-state index contributed by atoms with van der Waals surface area (Å²) in [6, 6.07) is 13.7. The first-order valence-corrected chi connectivity index (χ1v) is 8.22. The van der Waals surface area contributed by atoms with Crippen molar-refractivity contribution in [1.82, 2.24) is 0 Å². The van der Waals surface area contributed by atoms with Gasteiger partial charge in [-0.3, -0.25) is 4.99 Å². The van der Waals surface area contributed by atoms with Crippen LogP contribution in [0.1, 0.15) is 11.1 Å². The van der Waals surface area contributed by atoms with Gasteiger partial charge in [0, 0.05) is 39.9 Å². The van der Waals surface area contributed by atoms with E-state index in [1.807, 2.05) is 49.5 Å². The SMILES string of the molecule is CN1CC(O)CN=C(c2ccccc2Cl)c2cc(Br)ccc21. The van der Waals surface area contributed by atoms with Gasteiger partial charge in [0.2, 0.25) is 0 Å². The highest BCUT2D eigenvalue weighted by Gasteiger charge is 2.21. The van der Waals surface area contributed by atoms with Crippen LogP contribution in [0.15, 0.2) is 51.9 Å². The van der Waals surface area contributed by atoms with Crippen molar-refractivity contribution in [3.05, 3.63) is 63.1 Å². The largest absolute Gasteiger partial charge is 0.389 e. The fraction of sp³-hybridized carbons (Fsp3) is 0.235. The summed E-state index contributed by atoms with van der Waals surface area (Å²) in [5.41, 5.74) is 3.73. The van der Waals surface area contributed by atoms with Gasteiger partial charge in [-0.15, -0.1) is 0 Å². The number of fused-ring (bicyclic) bond motifs is 1. The van der Waals surface area contributed by atoms with Gasteiger partial charge in [0.25, 0.3) is 0 Å². The van der Waals surface area contributed by atoms with Crippen LogP contribution in [0.3, 0.4) is 0 Å². The normalized spacial score (nSPS) is 18.3. The Bertz CT molecular complexity index is 732. The third kappa shape index (κ3) is 3.05. The maximum absolute atomic E-state index is 10.1. The monoisotopic (exact) mass is 378 g/mol. The molecule has 1 aliphatic rings. The van der Waals surface area contributed by atoms with Crippen LogP contribution in [0.25, 0.3) is 0 Å². The number of hydrogen-bond acceptors (Lipinski definition) is 3. The number of rotatable bonds is 1. The number of halogens is 2. The Morgan fingerprint density at radius 1 is 1.23 bits per heavy atom. The lowest BCUT2D eigenvalue weighted by atomic mass is 9.98. The number of aliphatic imine (C=N–C) groups is 1. The summed E-state index contributed by atoms with van der Waals surface area (Å²) < 4.78 is 0.987. The standard InChI is InChI=1S/C17H16BrClN2O/c1-21-10-12(22)9-20-17(13-4-2-3-5-15(13)19)14-8-11(18)6-7-16(14)21/h2-8,12,22H,9-10H2,1H3. The molecule has 0 spiro atoms. The summed E-state index contributed by atoms with van der Waals surface area (Å²) >= 11 is 9.89. The zero-order valence-corrected chi connectivity index (χ0v) is 14.5. The first-order valence-electron chi connectivity index (χ1n) is 7.04. The molecule has 0 aromatic heterocycles. The van der Waals surface area contributed by atoms with Gasteiger partial charge in [0.1, 0.15) is 0 Å². The minimum atomic E-state index is -0.501. The molecule has 3 nitrogen and oxygen atoms in total. The maximum atomic E-state index is 10.1. The molecule has 0 amide bonds. The van der Waals surface area contributed by atoms with Crippen molar-refractivity contribution < 1.29 is 5.11 Å². The molecule has 0 aliphatic carbocycles. The Morgan fingerprint density at radius 3 is 2.77 bits per heavy atom. The van der Waals surface area contributed by atoms with Crippen LogP contribution < -0.4 is 4.90 Å². The highest BCUT2D eigenvalue weighted by molar-refractivity contribution is 9.10. The molecule has 0 bridgehead atoms. The Balaban J connectivity index is 2.23. The molecule has 3 rings (SSSR count). The Hall–Kier alpha value is -1.36. The number of aliphatic hydroxyl groups is 1. The van der Waals surface area contributed by atoms with Crippen molar-refractivity contribution in [1.29, 1.82) is 0 Å². The van der Waals surface area contributed by atoms with Gasteiger partial charge in [-0.05, 0) is 24.3 Å². The Labute approximate surface area is 143 Å². The van der Waals surface area contributed by atoms with Crippen LogP contribution in [0.5, 0.6) is 0 Å². The number of anilines is 1. The average Bonchev–Trinajstić information content (AvgIpc) is 2.48. The first-order chi connectivity index (χ1) is 10.6. The van der Waals surface area contributed by atoms with E-state index in [2.05, 4.69) is 25.8 Å². The molecular formula is C17H16BrClN2O.